The number of carbonyl (C=O) groups is 2. The summed E-state index contributed by atoms with van der Waals surface area (Å²) >= 11 is 0.996. The first-order valence-corrected chi connectivity index (χ1v) is 10.9. The predicted molar refractivity (Wildman–Crippen MR) is 117 cm³/mol. The largest absolute Gasteiger partial charge is 0.459 e. The van der Waals surface area contributed by atoms with Gasteiger partial charge in [-0.3, -0.25) is 9.59 Å². The summed E-state index contributed by atoms with van der Waals surface area (Å²) in [4.78, 5) is 25.3. The number of amides is 1. The van der Waals surface area contributed by atoms with Crippen LogP contribution in [0.2, 0.25) is 0 Å². The van der Waals surface area contributed by atoms with Gasteiger partial charge in [-0.15, -0.1) is 11.8 Å². The molecule has 2 heterocycles. The van der Waals surface area contributed by atoms with Gasteiger partial charge in [0.2, 0.25) is 5.91 Å². The third-order valence-corrected chi connectivity index (χ3v) is 6.39. The minimum Gasteiger partial charge on any atom is -0.459 e. The van der Waals surface area contributed by atoms with E-state index < -0.39 is 28.9 Å². The molecule has 1 unspecified atom stereocenters. The molecule has 0 aliphatic carbocycles. The molecule has 1 aliphatic rings. The van der Waals surface area contributed by atoms with Crippen molar-refractivity contribution in [1.29, 1.82) is 5.26 Å². The first kappa shape index (κ1) is 23.4. The quantitative estimate of drug-likeness (QED) is 0.529. The van der Waals surface area contributed by atoms with Crippen molar-refractivity contribution >= 4 is 29.3 Å². The van der Waals surface area contributed by atoms with E-state index in [0.29, 0.717) is 22.0 Å². The summed E-state index contributed by atoms with van der Waals surface area (Å²) in [5, 5.41) is 15.4. The number of nitriles is 1. The van der Waals surface area contributed by atoms with Gasteiger partial charge in [0.1, 0.15) is 18.2 Å². The molecule has 1 amide bonds. The fourth-order valence-electron chi connectivity index (χ4n) is 3.46. The number of para-hydroxylation sites is 1. The summed E-state index contributed by atoms with van der Waals surface area (Å²) in [7, 11) is 0. The summed E-state index contributed by atoms with van der Waals surface area (Å²) in [6.07, 6.45) is -4.82. The Labute approximate surface area is 196 Å². The van der Waals surface area contributed by atoms with E-state index in [1.165, 1.54) is 10.7 Å². The zero-order chi connectivity index (χ0) is 24.5. The second-order valence-electron chi connectivity index (χ2n) is 7.44. The van der Waals surface area contributed by atoms with Crippen LogP contribution in [-0.2, 0) is 27.1 Å². The molecule has 7 nitrogen and oxygen atoms in total. The van der Waals surface area contributed by atoms with Crippen molar-refractivity contribution in [2.24, 2.45) is 0 Å². The van der Waals surface area contributed by atoms with Gasteiger partial charge < -0.3 is 10.1 Å². The van der Waals surface area contributed by atoms with Gasteiger partial charge >= 0.3 is 12.1 Å². The first-order chi connectivity index (χ1) is 16.2. The Balaban J connectivity index is 1.46. The number of fused-ring (bicyclic) bond motifs is 1. The number of hydrogen-bond donors (Lipinski definition) is 1. The summed E-state index contributed by atoms with van der Waals surface area (Å²) in [6.45, 7) is 1.44. The van der Waals surface area contributed by atoms with Crippen molar-refractivity contribution in [3.05, 3.63) is 71.0 Å². The number of nitrogens with zero attached hydrogens (tertiary/aromatic N) is 3. The van der Waals surface area contributed by atoms with Gasteiger partial charge in [0, 0.05) is 4.90 Å². The SMILES string of the molecule is Cc1nn(-c2ccccc2)c(COC(=O)CC2Sc3ccc(C(F)(F)F)cc3NC2=O)c1C#N. The second-order valence-corrected chi connectivity index (χ2v) is 8.68. The highest BCUT2D eigenvalue weighted by molar-refractivity contribution is 8.01. The number of benzene rings is 2. The number of esters is 1. The molecule has 1 aliphatic heterocycles. The van der Waals surface area contributed by atoms with Gasteiger partial charge in [-0.25, -0.2) is 4.68 Å². The molecule has 0 fully saturated rings. The molecule has 1 atom stereocenters. The number of aryl methyl sites for hydroxylation is 1. The Morgan fingerprint density at radius 2 is 2.00 bits per heavy atom. The maximum Gasteiger partial charge on any atom is 0.416 e. The van der Waals surface area contributed by atoms with Gasteiger partial charge in [-0.2, -0.15) is 23.5 Å². The average molecular weight is 486 g/mol. The topological polar surface area (TPSA) is 97.0 Å². The molecule has 1 aromatic heterocycles. The van der Waals surface area contributed by atoms with Crippen molar-refractivity contribution in [1.82, 2.24) is 9.78 Å². The van der Waals surface area contributed by atoms with Gasteiger partial charge in [0.15, 0.2) is 0 Å². The van der Waals surface area contributed by atoms with Crippen LogP contribution in [0.3, 0.4) is 0 Å². The van der Waals surface area contributed by atoms with Crippen LogP contribution < -0.4 is 5.32 Å². The minimum atomic E-state index is -4.53. The number of rotatable bonds is 5. The molecule has 2 aromatic carbocycles. The maximum absolute atomic E-state index is 12.9. The molecule has 174 valence electrons. The Kier molecular flexibility index (Phi) is 6.34. The molecule has 11 heteroatoms. The van der Waals surface area contributed by atoms with Crippen molar-refractivity contribution in [2.45, 2.75) is 36.3 Å². The summed E-state index contributed by atoms with van der Waals surface area (Å²) in [5.41, 5.74) is 1.03. The fraction of sp³-hybridized carbons (Fsp3) is 0.217. The molecule has 0 bridgehead atoms. The first-order valence-electron chi connectivity index (χ1n) is 10.1. The number of halogens is 3. The molecule has 34 heavy (non-hydrogen) atoms. The van der Waals surface area contributed by atoms with E-state index in [-0.39, 0.29) is 24.3 Å². The lowest BCUT2D eigenvalue weighted by Crippen LogP contribution is -2.31. The van der Waals surface area contributed by atoms with Crippen LogP contribution in [0.5, 0.6) is 0 Å². The van der Waals surface area contributed by atoms with Crippen molar-refractivity contribution < 1.29 is 27.5 Å². The predicted octanol–water partition coefficient (Wildman–Crippen LogP) is 4.62. The number of thioether (sulfide) groups is 1. The highest BCUT2D eigenvalue weighted by atomic mass is 32.2. The van der Waals surface area contributed by atoms with Crippen molar-refractivity contribution in [2.75, 3.05) is 5.32 Å². The number of carbonyl (C=O) groups excluding carboxylic acids is 2. The zero-order valence-corrected chi connectivity index (χ0v) is 18.5. The van der Waals surface area contributed by atoms with Gasteiger partial charge in [0.05, 0.1) is 40.0 Å². The van der Waals surface area contributed by atoms with Crippen LogP contribution in [0.15, 0.2) is 53.4 Å². The lowest BCUT2D eigenvalue weighted by Gasteiger charge is -2.24. The van der Waals surface area contributed by atoms with E-state index in [4.69, 9.17) is 4.74 Å². The number of nitrogens with one attached hydrogen (secondary N) is 1. The molecule has 0 saturated heterocycles. The van der Waals surface area contributed by atoms with E-state index in [1.54, 1.807) is 19.1 Å². The number of hydrogen-bond acceptors (Lipinski definition) is 6. The molecule has 0 radical (unpaired) electrons. The molecule has 0 spiro atoms. The monoisotopic (exact) mass is 486 g/mol. The second kappa shape index (κ2) is 9.23. The van der Waals surface area contributed by atoms with Gasteiger partial charge in [-0.1, -0.05) is 18.2 Å². The van der Waals surface area contributed by atoms with Gasteiger partial charge in [-0.05, 0) is 37.3 Å². The molecule has 1 N–H and O–H groups in total. The Morgan fingerprint density at radius 1 is 1.26 bits per heavy atom. The normalized spacial score (nSPS) is 15.3. The van der Waals surface area contributed by atoms with Gasteiger partial charge in [0.25, 0.3) is 0 Å². The lowest BCUT2D eigenvalue weighted by atomic mass is 10.1. The smallest absolute Gasteiger partial charge is 0.416 e. The summed E-state index contributed by atoms with van der Waals surface area (Å²) < 4.78 is 45.6. The number of aromatic nitrogens is 2. The summed E-state index contributed by atoms with van der Waals surface area (Å²) in [5.74, 6) is -1.28. The minimum absolute atomic E-state index is 0.0512. The third-order valence-electron chi connectivity index (χ3n) is 5.12. The fourth-order valence-corrected chi connectivity index (χ4v) is 4.53. The average Bonchev–Trinajstić information content (AvgIpc) is 3.13. The highest BCUT2D eigenvalue weighted by Gasteiger charge is 2.34. The highest BCUT2D eigenvalue weighted by Crippen LogP contribution is 2.40. The molecular formula is C23H17F3N4O3S. The Hall–Kier alpha value is -3.78. The van der Waals surface area contributed by atoms with E-state index in [2.05, 4.69) is 16.5 Å². The van der Waals surface area contributed by atoms with E-state index in [1.807, 2.05) is 18.2 Å². The Bertz CT molecular complexity index is 1300. The van der Waals surface area contributed by atoms with E-state index in [0.717, 1.165) is 23.9 Å². The zero-order valence-electron chi connectivity index (χ0n) is 17.7. The standard InChI is InChI=1S/C23H17F3N4O3S/c1-13-16(11-27)18(30(29-13)15-5-3-2-4-6-15)12-33-21(31)10-20-22(32)28-17-9-14(23(24,25)26)7-8-19(17)34-20/h2-9,20H,10,12H2,1H3,(H,28,32). The van der Waals surface area contributed by atoms with Crippen LogP contribution in [-0.4, -0.2) is 26.9 Å². The lowest BCUT2D eigenvalue weighted by molar-refractivity contribution is -0.145. The van der Waals surface area contributed by atoms with Crippen LogP contribution in [0, 0.1) is 18.3 Å². The van der Waals surface area contributed by atoms with Crippen LogP contribution >= 0.6 is 11.8 Å². The Morgan fingerprint density at radius 3 is 2.68 bits per heavy atom. The van der Waals surface area contributed by atoms with Crippen molar-refractivity contribution in [3.8, 4) is 11.8 Å². The van der Waals surface area contributed by atoms with E-state index >= 15 is 0 Å². The van der Waals surface area contributed by atoms with E-state index in [9.17, 15) is 28.0 Å². The van der Waals surface area contributed by atoms with Crippen molar-refractivity contribution in [3.63, 3.8) is 0 Å². The molecule has 0 saturated carbocycles. The molecular weight excluding hydrogens is 469 g/mol. The van der Waals surface area contributed by atoms with Crippen LogP contribution in [0.1, 0.15) is 28.9 Å². The maximum atomic E-state index is 12.9. The third kappa shape index (κ3) is 4.77. The van der Waals surface area contributed by atoms with Crippen LogP contribution in [0.25, 0.3) is 5.69 Å². The molecule has 4 rings (SSSR count). The number of alkyl halides is 3. The van der Waals surface area contributed by atoms with Crippen LogP contribution in [0.4, 0.5) is 18.9 Å². The molecule has 3 aromatic rings. The number of anilines is 1. The summed E-state index contributed by atoms with van der Waals surface area (Å²) in [6, 6.07) is 14.2. The number of ether oxygens (including phenoxy) is 1.